The molecule has 0 atom stereocenters. The lowest BCUT2D eigenvalue weighted by Crippen LogP contribution is -2.00. The second-order valence-electron chi connectivity index (χ2n) is 3.56. The minimum atomic E-state index is -0.0758. The molecule has 0 heterocycles. The normalized spacial score (nSPS) is 9.61. The van der Waals surface area contributed by atoms with Crippen LogP contribution in [-0.2, 0) is 0 Å². The number of benzene rings is 2. The molecule has 0 saturated carbocycles. The average Bonchev–Trinajstić information content (AvgIpc) is 2.42. The maximum Gasteiger partial charge on any atom is 0.193 e. The van der Waals surface area contributed by atoms with Gasteiger partial charge in [0, 0.05) is 11.1 Å². The number of carbonyl (C=O) groups is 1. The van der Waals surface area contributed by atoms with E-state index < -0.39 is 0 Å². The van der Waals surface area contributed by atoms with Crippen molar-refractivity contribution in [2.24, 2.45) is 4.99 Å². The molecule has 2 rings (SSSR count). The van der Waals surface area contributed by atoms with Gasteiger partial charge in [-0.1, -0.05) is 41.9 Å². The fraction of sp³-hybridized carbons (Fsp3) is 0. The molecule has 0 aliphatic rings. The van der Waals surface area contributed by atoms with E-state index in [0.717, 1.165) is 0 Å². The van der Waals surface area contributed by atoms with Crippen molar-refractivity contribution in [3.63, 3.8) is 0 Å². The Kier molecular flexibility index (Phi) is 4.00. The summed E-state index contributed by atoms with van der Waals surface area (Å²) >= 11 is 10.5. The van der Waals surface area contributed by atoms with Crippen LogP contribution in [0.4, 0.5) is 5.69 Å². The van der Waals surface area contributed by atoms with Crippen molar-refractivity contribution in [2.75, 3.05) is 0 Å². The number of hydrogen-bond donors (Lipinski definition) is 0. The third-order valence-electron chi connectivity index (χ3n) is 2.41. The van der Waals surface area contributed by atoms with E-state index >= 15 is 0 Å². The van der Waals surface area contributed by atoms with Crippen molar-refractivity contribution in [1.29, 1.82) is 0 Å². The lowest BCUT2D eigenvalue weighted by Gasteiger charge is -2.03. The van der Waals surface area contributed by atoms with Crippen LogP contribution in [0.2, 0.25) is 5.02 Å². The van der Waals surface area contributed by atoms with Crippen molar-refractivity contribution in [2.45, 2.75) is 0 Å². The van der Waals surface area contributed by atoms with Crippen LogP contribution in [0.3, 0.4) is 0 Å². The average molecular weight is 274 g/mol. The van der Waals surface area contributed by atoms with Gasteiger partial charge in [-0.2, -0.15) is 4.99 Å². The second-order valence-corrected chi connectivity index (χ2v) is 4.15. The highest BCUT2D eigenvalue weighted by atomic mass is 35.5. The van der Waals surface area contributed by atoms with Crippen LogP contribution in [0.1, 0.15) is 15.9 Å². The predicted molar refractivity (Wildman–Crippen MR) is 76.0 cm³/mol. The van der Waals surface area contributed by atoms with Crippen LogP contribution < -0.4 is 0 Å². The van der Waals surface area contributed by atoms with E-state index in [1.807, 2.05) is 18.2 Å². The zero-order valence-electron chi connectivity index (χ0n) is 9.26. The van der Waals surface area contributed by atoms with E-state index in [1.54, 1.807) is 30.3 Å². The molecule has 0 bridgehead atoms. The first-order valence-electron chi connectivity index (χ1n) is 5.19. The van der Waals surface area contributed by atoms with Crippen LogP contribution in [-0.4, -0.2) is 10.9 Å². The number of hydrogen-bond acceptors (Lipinski definition) is 3. The summed E-state index contributed by atoms with van der Waals surface area (Å²) < 4.78 is 0. The third kappa shape index (κ3) is 2.71. The van der Waals surface area contributed by atoms with E-state index in [4.69, 9.17) is 11.6 Å². The maximum atomic E-state index is 12.2. The van der Waals surface area contributed by atoms with Crippen molar-refractivity contribution < 1.29 is 4.79 Å². The molecule has 2 aromatic carbocycles. The van der Waals surface area contributed by atoms with Crippen LogP contribution >= 0.6 is 23.8 Å². The molecule has 0 fully saturated rings. The van der Waals surface area contributed by atoms with Crippen LogP contribution in [0.15, 0.2) is 53.5 Å². The lowest BCUT2D eigenvalue weighted by molar-refractivity contribution is 0.103. The number of halogens is 1. The van der Waals surface area contributed by atoms with Gasteiger partial charge in [-0.05, 0) is 30.4 Å². The molecule has 0 aromatic heterocycles. The summed E-state index contributed by atoms with van der Waals surface area (Å²) in [4.78, 5) is 16.0. The van der Waals surface area contributed by atoms with Crippen LogP contribution in [0.25, 0.3) is 0 Å². The molecule has 2 nitrogen and oxygen atoms in total. The fourth-order valence-corrected chi connectivity index (χ4v) is 1.80. The zero-order valence-corrected chi connectivity index (χ0v) is 10.8. The number of ketones is 1. The van der Waals surface area contributed by atoms with Gasteiger partial charge in [-0.15, -0.1) is 0 Å². The first-order chi connectivity index (χ1) is 8.72. The number of aliphatic imine (C=N–C) groups is 1. The molecular weight excluding hydrogens is 266 g/mol. The van der Waals surface area contributed by atoms with Crippen molar-refractivity contribution in [3.8, 4) is 0 Å². The molecular formula is C14H8ClNOS. The summed E-state index contributed by atoms with van der Waals surface area (Å²) in [5, 5.41) is 2.68. The van der Waals surface area contributed by atoms with Gasteiger partial charge in [0.1, 0.15) is 0 Å². The molecule has 4 heteroatoms. The Labute approximate surface area is 115 Å². The largest absolute Gasteiger partial charge is 0.289 e. The number of carbonyl (C=O) groups excluding carboxylic acids is 1. The summed E-state index contributed by atoms with van der Waals surface area (Å²) in [5.41, 5.74) is 1.60. The molecule has 2 aromatic rings. The van der Waals surface area contributed by atoms with Crippen LogP contribution in [0, 0.1) is 0 Å². The Balaban J connectivity index is 2.43. The molecule has 0 amide bonds. The molecule has 0 N–H and O–H groups in total. The SMILES string of the molecule is O=C(c1ccccc1)c1ccc(Cl)c(N=C=S)c1. The number of isothiocyanates is 1. The summed E-state index contributed by atoms with van der Waals surface area (Å²) in [6.45, 7) is 0. The quantitative estimate of drug-likeness (QED) is 0.474. The smallest absolute Gasteiger partial charge is 0.193 e. The number of thiocarbonyl (C=S) groups is 1. The maximum absolute atomic E-state index is 12.2. The Morgan fingerprint density at radius 2 is 1.83 bits per heavy atom. The molecule has 0 saturated heterocycles. The van der Waals surface area contributed by atoms with Crippen molar-refractivity contribution in [1.82, 2.24) is 0 Å². The highest BCUT2D eigenvalue weighted by molar-refractivity contribution is 7.78. The summed E-state index contributed by atoms with van der Waals surface area (Å²) in [6.07, 6.45) is 0. The van der Waals surface area contributed by atoms with E-state index in [9.17, 15) is 4.79 Å². The molecule has 88 valence electrons. The van der Waals surface area contributed by atoms with E-state index in [-0.39, 0.29) is 5.78 Å². The summed E-state index contributed by atoms with van der Waals surface area (Å²) in [7, 11) is 0. The van der Waals surface area contributed by atoms with Gasteiger partial charge in [-0.3, -0.25) is 4.79 Å². The fourth-order valence-electron chi connectivity index (χ4n) is 1.54. The van der Waals surface area contributed by atoms with E-state index in [0.29, 0.717) is 21.8 Å². The minimum Gasteiger partial charge on any atom is -0.289 e. The molecule has 0 radical (unpaired) electrons. The molecule has 0 unspecified atom stereocenters. The van der Waals surface area contributed by atoms with Gasteiger partial charge in [0.05, 0.1) is 15.9 Å². The number of nitrogens with zero attached hydrogens (tertiary/aromatic N) is 1. The first kappa shape index (κ1) is 12.7. The van der Waals surface area contributed by atoms with Crippen molar-refractivity contribution >= 4 is 40.5 Å². The molecule has 0 spiro atoms. The summed E-state index contributed by atoms with van der Waals surface area (Å²) in [5.74, 6) is -0.0758. The van der Waals surface area contributed by atoms with Gasteiger partial charge in [0.15, 0.2) is 5.78 Å². The first-order valence-corrected chi connectivity index (χ1v) is 5.98. The Morgan fingerprint density at radius 3 is 2.50 bits per heavy atom. The molecule has 18 heavy (non-hydrogen) atoms. The van der Waals surface area contributed by atoms with E-state index in [1.165, 1.54) is 0 Å². The summed E-state index contributed by atoms with van der Waals surface area (Å²) in [6, 6.07) is 13.9. The minimum absolute atomic E-state index is 0.0758. The van der Waals surface area contributed by atoms with Crippen molar-refractivity contribution in [3.05, 3.63) is 64.7 Å². The van der Waals surface area contributed by atoms with Gasteiger partial charge in [0.2, 0.25) is 0 Å². The number of rotatable bonds is 3. The van der Waals surface area contributed by atoms with Crippen LogP contribution in [0.5, 0.6) is 0 Å². The zero-order chi connectivity index (χ0) is 13.0. The highest BCUT2D eigenvalue weighted by Gasteiger charge is 2.10. The monoisotopic (exact) mass is 273 g/mol. The van der Waals surface area contributed by atoms with Gasteiger partial charge in [0.25, 0.3) is 0 Å². The highest BCUT2D eigenvalue weighted by Crippen LogP contribution is 2.26. The topological polar surface area (TPSA) is 29.4 Å². The lowest BCUT2D eigenvalue weighted by atomic mass is 10.0. The van der Waals surface area contributed by atoms with Gasteiger partial charge < -0.3 is 0 Å². The van der Waals surface area contributed by atoms with Gasteiger partial charge >= 0.3 is 0 Å². The Hall–Kier alpha value is -1.80. The third-order valence-corrected chi connectivity index (χ3v) is 2.82. The standard InChI is InChI=1S/C14H8ClNOS/c15-12-7-6-11(8-13(12)16-9-18)14(17)10-4-2-1-3-5-10/h1-8H. The van der Waals surface area contributed by atoms with Gasteiger partial charge in [-0.25, -0.2) is 0 Å². The predicted octanol–water partition coefficient (Wildman–Crippen LogP) is 4.31. The molecule has 0 aliphatic heterocycles. The molecule has 0 aliphatic carbocycles. The Bertz CT molecular complexity index is 633. The Morgan fingerprint density at radius 1 is 1.11 bits per heavy atom. The van der Waals surface area contributed by atoms with E-state index in [2.05, 4.69) is 22.4 Å². The second kappa shape index (κ2) is 5.69.